The van der Waals surface area contributed by atoms with Crippen LogP contribution in [0.4, 0.5) is 17.6 Å². The van der Waals surface area contributed by atoms with Gasteiger partial charge in [0.2, 0.25) is 0 Å². The molecule has 1 fully saturated rings. The van der Waals surface area contributed by atoms with E-state index in [1.54, 1.807) is 6.07 Å². The average molecular weight is 319 g/mol. The van der Waals surface area contributed by atoms with E-state index in [1.807, 2.05) is 20.8 Å². The maximum Gasteiger partial charge on any atom is 0.401 e. The molecule has 1 aromatic rings. The summed E-state index contributed by atoms with van der Waals surface area (Å²) in [4.78, 5) is 1.32. The Morgan fingerprint density at radius 2 is 1.91 bits per heavy atom. The predicted molar refractivity (Wildman–Crippen MR) is 76.6 cm³/mol. The van der Waals surface area contributed by atoms with Crippen LogP contribution >= 0.6 is 0 Å². The first-order chi connectivity index (χ1) is 10.0. The monoisotopic (exact) mass is 319 g/mol. The lowest BCUT2D eigenvalue weighted by Gasteiger charge is -2.25. The molecule has 0 aliphatic carbocycles. The molecule has 0 radical (unpaired) electrons. The number of benzene rings is 1. The normalized spacial score (nSPS) is 20.4. The highest BCUT2D eigenvalue weighted by Gasteiger charge is 2.35. The summed E-state index contributed by atoms with van der Waals surface area (Å²) >= 11 is 0. The zero-order chi connectivity index (χ0) is 16.5. The van der Waals surface area contributed by atoms with E-state index < -0.39 is 18.5 Å². The fourth-order valence-electron chi connectivity index (χ4n) is 2.68. The van der Waals surface area contributed by atoms with Crippen molar-refractivity contribution in [1.82, 2.24) is 4.90 Å². The summed E-state index contributed by atoms with van der Waals surface area (Å²) in [6, 6.07) is 4.36. The van der Waals surface area contributed by atoms with E-state index in [4.69, 9.17) is 4.74 Å². The number of likely N-dealkylation sites (tertiary alicyclic amines) is 1. The molecular formula is C16H21F4NO. The summed E-state index contributed by atoms with van der Waals surface area (Å²) in [6.07, 6.45) is -4.04. The topological polar surface area (TPSA) is 12.5 Å². The van der Waals surface area contributed by atoms with Crippen molar-refractivity contribution in [3.05, 3.63) is 29.6 Å². The Hall–Kier alpha value is -1.30. The first-order valence-electron chi connectivity index (χ1n) is 7.30. The lowest BCUT2D eigenvalue weighted by Crippen LogP contribution is -2.34. The molecule has 0 bridgehead atoms. The second kappa shape index (κ2) is 6.07. The lowest BCUT2D eigenvalue weighted by atomic mass is 9.86. The SMILES string of the molecule is CC(C)(C)c1ccc(F)cc1O[C@@H]1CCN(CC(F)(F)F)C1. The Balaban J connectivity index is 2.07. The van der Waals surface area contributed by atoms with Crippen LogP contribution in [0.25, 0.3) is 0 Å². The second-order valence-corrected chi connectivity index (χ2v) is 6.77. The zero-order valence-corrected chi connectivity index (χ0v) is 13.0. The highest BCUT2D eigenvalue weighted by molar-refractivity contribution is 5.39. The van der Waals surface area contributed by atoms with Gasteiger partial charge in [0.15, 0.2) is 0 Å². The summed E-state index contributed by atoms with van der Waals surface area (Å²) < 4.78 is 56.5. The molecule has 22 heavy (non-hydrogen) atoms. The number of rotatable bonds is 3. The third kappa shape index (κ3) is 4.60. The maximum absolute atomic E-state index is 13.5. The van der Waals surface area contributed by atoms with E-state index in [0.29, 0.717) is 18.7 Å². The molecule has 1 aliphatic heterocycles. The largest absolute Gasteiger partial charge is 0.489 e. The first-order valence-corrected chi connectivity index (χ1v) is 7.30. The van der Waals surface area contributed by atoms with Crippen molar-refractivity contribution >= 4 is 0 Å². The summed E-state index contributed by atoms with van der Waals surface area (Å²) in [5.74, 6) is 0.0134. The van der Waals surface area contributed by atoms with Gasteiger partial charge >= 0.3 is 6.18 Å². The van der Waals surface area contributed by atoms with Crippen LogP contribution in [0, 0.1) is 5.82 Å². The van der Waals surface area contributed by atoms with E-state index in [1.165, 1.54) is 17.0 Å². The van der Waals surface area contributed by atoms with Gasteiger partial charge < -0.3 is 4.74 Å². The number of ether oxygens (including phenoxy) is 1. The summed E-state index contributed by atoms with van der Waals surface area (Å²) in [5, 5.41) is 0. The quantitative estimate of drug-likeness (QED) is 0.777. The Morgan fingerprint density at radius 1 is 1.23 bits per heavy atom. The van der Waals surface area contributed by atoms with Crippen molar-refractivity contribution in [3.8, 4) is 5.75 Å². The van der Waals surface area contributed by atoms with Gasteiger partial charge in [-0.25, -0.2) is 4.39 Å². The molecule has 6 heteroatoms. The molecule has 2 rings (SSSR count). The number of nitrogens with zero attached hydrogens (tertiary/aromatic N) is 1. The standard InChI is InChI=1S/C16H21F4NO/c1-15(2,3)13-5-4-11(17)8-14(13)22-12-6-7-21(9-12)10-16(18,19)20/h4-5,8,12H,6-7,9-10H2,1-3H3/t12-/m1/s1. The smallest absolute Gasteiger partial charge is 0.401 e. The lowest BCUT2D eigenvalue weighted by molar-refractivity contribution is -0.144. The number of hydrogen-bond donors (Lipinski definition) is 0. The van der Waals surface area contributed by atoms with Crippen LogP contribution in [-0.2, 0) is 5.41 Å². The minimum Gasteiger partial charge on any atom is -0.489 e. The molecular weight excluding hydrogens is 298 g/mol. The number of halogens is 4. The third-order valence-electron chi connectivity index (χ3n) is 3.68. The van der Waals surface area contributed by atoms with Gasteiger partial charge in [-0.05, 0) is 23.5 Å². The van der Waals surface area contributed by atoms with Gasteiger partial charge in [0, 0.05) is 19.2 Å². The molecule has 1 atom stereocenters. The highest BCUT2D eigenvalue weighted by Crippen LogP contribution is 2.33. The van der Waals surface area contributed by atoms with Gasteiger partial charge in [-0.1, -0.05) is 26.8 Å². The van der Waals surface area contributed by atoms with Crippen LogP contribution in [0.1, 0.15) is 32.8 Å². The number of alkyl halides is 3. The molecule has 1 aliphatic rings. The fraction of sp³-hybridized carbons (Fsp3) is 0.625. The number of hydrogen-bond acceptors (Lipinski definition) is 2. The van der Waals surface area contributed by atoms with Gasteiger partial charge in [-0.2, -0.15) is 13.2 Å². The van der Waals surface area contributed by atoms with E-state index in [0.717, 1.165) is 5.56 Å². The van der Waals surface area contributed by atoms with Gasteiger partial charge in [0.25, 0.3) is 0 Å². The van der Waals surface area contributed by atoms with Gasteiger partial charge in [-0.15, -0.1) is 0 Å². The molecule has 1 heterocycles. The summed E-state index contributed by atoms with van der Waals surface area (Å²) in [7, 11) is 0. The van der Waals surface area contributed by atoms with Gasteiger partial charge in [0.05, 0.1) is 6.54 Å². The second-order valence-electron chi connectivity index (χ2n) is 6.77. The van der Waals surface area contributed by atoms with Gasteiger partial charge in [0.1, 0.15) is 17.7 Å². The minimum atomic E-state index is -4.20. The molecule has 2 nitrogen and oxygen atoms in total. The van der Waals surface area contributed by atoms with E-state index >= 15 is 0 Å². The van der Waals surface area contributed by atoms with Crippen molar-refractivity contribution in [2.75, 3.05) is 19.6 Å². The van der Waals surface area contributed by atoms with Crippen LogP contribution in [0.15, 0.2) is 18.2 Å². The van der Waals surface area contributed by atoms with Crippen molar-refractivity contribution in [3.63, 3.8) is 0 Å². The molecule has 0 spiro atoms. The van der Waals surface area contributed by atoms with Crippen molar-refractivity contribution in [1.29, 1.82) is 0 Å². The van der Waals surface area contributed by atoms with Crippen LogP contribution in [0.3, 0.4) is 0 Å². The van der Waals surface area contributed by atoms with Gasteiger partial charge in [-0.3, -0.25) is 4.90 Å². The van der Waals surface area contributed by atoms with E-state index in [9.17, 15) is 17.6 Å². The predicted octanol–water partition coefficient (Wildman–Crippen LogP) is 4.14. The Morgan fingerprint density at radius 3 is 2.50 bits per heavy atom. The van der Waals surface area contributed by atoms with Crippen molar-refractivity contribution < 1.29 is 22.3 Å². The van der Waals surface area contributed by atoms with Crippen LogP contribution in [0.5, 0.6) is 5.75 Å². The summed E-state index contributed by atoms with van der Waals surface area (Å²) in [5.41, 5.74) is 0.621. The summed E-state index contributed by atoms with van der Waals surface area (Å²) in [6.45, 7) is 5.57. The molecule has 0 amide bonds. The fourth-order valence-corrected chi connectivity index (χ4v) is 2.68. The average Bonchev–Trinajstić information content (AvgIpc) is 2.72. The van der Waals surface area contributed by atoms with E-state index in [-0.39, 0.29) is 18.1 Å². The first kappa shape index (κ1) is 17.1. The molecule has 1 aromatic carbocycles. The Kier molecular flexibility index (Phi) is 4.70. The Labute approximate surface area is 128 Å². The van der Waals surface area contributed by atoms with Crippen LogP contribution < -0.4 is 4.74 Å². The molecule has 0 aromatic heterocycles. The highest BCUT2D eigenvalue weighted by atomic mass is 19.4. The van der Waals surface area contributed by atoms with Crippen LogP contribution in [0.2, 0.25) is 0 Å². The minimum absolute atomic E-state index is 0.208. The third-order valence-corrected chi connectivity index (χ3v) is 3.68. The Bertz CT molecular complexity index is 522. The maximum atomic E-state index is 13.5. The molecule has 0 saturated carbocycles. The molecule has 0 unspecified atom stereocenters. The molecule has 1 saturated heterocycles. The van der Waals surface area contributed by atoms with Crippen LogP contribution in [-0.4, -0.2) is 36.8 Å². The van der Waals surface area contributed by atoms with E-state index in [2.05, 4.69) is 0 Å². The molecule has 0 N–H and O–H groups in total. The van der Waals surface area contributed by atoms with Crippen molar-refractivity contribution in [2.24, 2.45) is 0 Å². The zero-order valence-electron chi connectivity index (χ0n) is 13.0. The molecule has 124 valence electrons. The van der Waals surface area contributed by atoms with Crippen molar-refractivity contribution in [2.45, 2.75) is 44.9 Å².